The molecule has 2 aromatic carbocycles. The Labute approximate surface area is 132 Å². The number of aromatic nitrogens is 2. The molecule has 2 aromatic heterocycles. The van der Waals surface area contributed by atoms with E-state index in [-0.39, 0.29) is 11.6 Å². The molecule has 0 bridgehead atoms. The zero-order chi connectivity index (χ0) is 15.6. The summed E-state index contributed by atoms with van der Waals surface area (Å²) in [5.74, 6) is 0.242. The SMILES string of the molecule is FC(Oc1ccc2ccccc2n1)c1ccc2ccccc2n1. The van der Waals surface area contributed by atoms with Crippen molar-refractivity contribution in [2.75, 3.05) is 0 Å². The van der Waals surface area contributed by atoms with E-state index in [4.69, 9.17) is 4.74 Å². The molecule has 0 saturated carbocycles. The minimum absolute atomic E-state index is 0.235. The van der Waals surface area contributed by atoms with Crippen LogP contribution >= 0.6 is 0 Å². The largest absolute Gasteiger partial charge is 0.437 e. The predicted molar refractivity (Wildman–Crippen MR) is 88.0 cm³/mol. The number of alkyl halides is 1. The summed E-state index contributed by atoms with van der Waals surface area (Å²) < 4.78 is 19.7. The van der Waals surface area contributed by atoms with Crippen molar-refractivity contribution in [1.29, 1.82) is 0 Å². The average molecular weight is 304 g/mol. The van der Waals surface area contributed by atoms with Crippen LogP contribution in [0.1, 0.15) is 12.1 Å². The van der Waals surface area contributed by atoms with Crippen LogP contribution < -0.4 is 4.74 Å². The van der Waals surface area contributed by atoms with Gasteiger partial charge >= 0.3 is 0 Å². The molecule has 0 amide bonds. The third-order valence-corrected chi connectivity index (χ3v) is 3.65. The summed E-state index contributed by atoms with van der Waals surface area (Å²) in [6.45, 7) is 0. The first-order valence-electron chi connectivity index (χ1n) is 7.32. The fourth-order valence-electron chi connectivity index (χ4n) is 2.49. The number of ether oxygens (including phenoxy) is 1. The third-order valence-electron chi connectivity index (χ3n) is 3.65. The molecule has 4 heteroatoms. The molecule has 2 heterocycles. The van der Waals surface area contributed by atoms with Crippen LogP contribution in [-0.2, 0) is 0 Å². The van der Waals surface area contributed by atoms with Crippen molar-refractivity contribution < 1.29 is 9.13 Å². The molecule has 1 atom stereocenters. The maximum atomic E-state index is 14.4. The van der Waals surface area contributed by atoms with Crippen molar-refractivity contribution in [3.05, 3.63) is 78.5 Å². The number of hydrogen-bond acceptors (Lipinski definition) is 3. The summed E-state index contributed by atoms with van der Waals surface area (Å²) in [6, 6.07) is 22.2. The Bertz CT molecular complexity index is 987. The number of rotatable bonds is 3. The molecule has 0 N–H and O–H groups in total. The van der Waals surface area contributed by atoms with E-state index < -0.39 is 6.36 Å². The van der Waals surface area contributed by atoms with Crippen molar-refractivity contribution in [3.8, 4) is 5.88 Å². The molecule has 112 valence electrons. The van der Waals surface area contributed by atoms with Gasteiger partial charge in [-0.25, -0.2) is 9.97 Å². The summed E-state index contributed by atoms with van der Waals surface area (Å²) in [7, 11) is 0. The predicted octanol–water partition coefficient (Wildman–Crippen LogP) is 4.83. The molecule has 3 nitrogen and oxygen atoms in total. The second-order valence-electron chi connectivity index (χ2n) is 5.20. The summed E-state index contributed by atoms with van der Waals surface area (Å²) in [5, 5.41) is 1.95. The van der Waals surface area contributed by atoms with Crippen LogP contribution in [0.5, 0.6) is 5.88 Å². The lowest BCUT2D eigenvalue weighted by atomic mass is 10.2. The highest BCUT2D eigenvalue weighted by Gasteiger charge is 2.14. The fraction of sp³-hybridized carbons (Fsp3) is 0.0526. The number of pyridine rings is 2. The second-order valence-corrected chi connectivity index (χ2v) is 5.20. The van der Waals surface area contributed by atoms with Gasteiger partial charge in [-0.2, -0.15) is 4.39 Å². The number of halogens is 1. The fourth-order valence-corrected chi connectivity index (χ4v) is 2.49. The zero-order valence-electron chi connectivity index (χ0n) is 12.2. The first-order chi connectivity index (χ1) is 11.3. The van der Waals surface area contributed by atoms with Gasteiger partial charge in [-0.05, 0) is 24.3 Å². The Morgan fingerprint density at radius 1 is 0.696 bits per heavy atom. The van der Waals surface area contributed by atoms with Gasteiger partial charge in [0, 0.05) is 16.8 Å². The number of nitrogens with zero attached hydrogens (tertiary/aromatic N) is 2. The van der Waals surface area contributed by atoms with Gasteiger partial charge in [0.15, 0.2) is 0 Å². The van der Waals surface area contributed by atoms with Crippen LogP contribution in [0, 0.1) is 0 Å². The molecular formula is C19H13FN2O. The van der Waals surface area contributed by atoms with Gasteiger partial charge in [-0.3, -0.25) is 0 Å². The summed E-state index contributed by atoms with van der Waals surface area (Å²) in [5.41, 5.74) is 1.74. The van der Waals surface area contributed by atoms with Crippen molar-refractivity contribution in [1.82, 2.24) is 9.97 Å². The molecule has 0 aliphatic rings. The van der Waals surface area contributed by atoms with Crippen LogP contribution in [-0.4, -0.2) is 9.97 Å². The Hall–Kier alpha value is -3.01. The lowest BCUT2D eigenvalue weighted by Gasteiger charge is -2.11. The highest BCUT2D eigenvalue weighted by molar-refractivity contribution is 5.79. The van der Waals surface area contributed by atoms with E-state index >= 15 is 0 Å². The Morgan fingerprint density at radius 3 is 2.04 bits per heavy atom. The molecule has 1 unspecified atom stereocenters. The second kappa shape index (κ2) is 5.65. The van der Waals surface area contributed by atoms with Crippen molar-refractivity contribution >= 4 is 21.8 Å². The molecule has 0 spiro atoms. The minimum atomic E-state index is -1.66. The molecule has 4 rings (SSSR count). The number of benzene rings is 2. The van der Waals surface area contributed by atoms with E-state index in [1.165, 1.54) is 0 Å². The van der Waals surface area contributed by atoms with Gasteiger partial charge in [0.25, 0.3) is 6.36 Å². The van der Waals surface area contributed by atoms with E-state index in [1.54, 1.807) is 12.1 Å². The summed E-state index contributed by atoms with van der Waals surface area (Å²) in [6.07, 6.45) is -1.66. The monoisotopic (exact) mass is 304 g/mol. The topological polar surface area (TPSA) is 35.0 Å². The minimum Gasteiger partial charge on any atom is -0.437 e. The maximum Gasteiger partial charge on any atom is 0.282 e. The standard InChI is InChI=1S/C19H13FN2O/c20-19(17-11-9-13-5-1-3-7-15(13)21-17)23-18-12-10-14-6-2-4-8-16(14)22-18/h1-12,19H. The summed E-state index contributed by atoms with van der Waals surface area (Å²) >= 11 is 0. The highest BCUT2D eigenvalue weighted by Crippen LogP contribution is 2.24. The molecule has 4 aromatic rings. The van der Waals surface area contributed by atoms with Gasteiger partial charge < -0.3 is 4.74 Å². The molecule has 0 aliphatic heterocycles. The number of fused-ring (bicyclic) bond motifs is 2. The molecule has 23 heavy (non-hydrogen) atoms. The van der Waals surface area contributed by atoms with E-state index in [0.29, 0.717) is 0 Å². The van der Waals surface area contributed by atoms with Crippen LogP contribution in [0.2, 0.25) is 0 Å². The number of para-hydroxylation sites is 2. The van der Waals surface area contributed by atoms with Crippen molar-refractivity contribution in [3.63, 3.8) is 0 Å². The number of hydrogen-bond donors (Lipinski definition) is 0. The van der Waals surface area contributed by atoms with Crippen LogP contribution in [0.25, 0.3) is 21.8 Å². The van der Waals surface area contributed by atoms with Gasteiger partial charge in [0.1, 0.15) is 5.69 Å². The zero-order valence-corrected chi connectivity index (χ0v) is 12.2. The maximum absolute atomic E-state index is 14.4. The smallest absolute Gasteiger partial charge is 0.282 e. The molecule has 0 aliphatic carbocycles. The van der Waals surface area contributed by atoms with E-state index in [9.17, 15) is 4.39 Å². The third kappa shape index (κ3) is 2.71. The molecule has 0 radical (unpaired) electrons. The Kier molecular flexibility index (Phi) is 3.35. The average Bonchev–Trinajstić information content (AvgIpc) is 2.61. The van der Waals surface area contributed by atoms with Gasteiger partial charge in [-0.15, -0.1) is 0 Å². The Balaban J connectivity index is 1.63. The quantitative estimate of drug-likeness (QED) is 0.544. The summed E-state index contributed by atoms with van der Waals surface area (Å²) in [4.78, 5) is 8.62. The van der Waals surface area contributed by atoms with Gasteiger partial charge in [0.05, 0.1) is 11.0 Å². The molecule has 0 fully saturated rings. The first kappa shape index (κ1) is 13.6. The van der Waals surface area contributed by atoms with E-state index in [2.05, 4.69) is 9.97 Å². The first-order valence-corrected chi connectivity index (χ1v) is 7.32. The normalized spacial score (nSPS) is 12.4. The van der Waals surface area contributed by atoms with Gasteiger partial charge in [-0.1, -0.05) is 42.5 Å². The van der Waals surface area contributed by atoms with Crippen LogP contribution in [0.4, 0.5) is 4.39 Å². The van der Waals surface area contributed by atoms with Crippen molar-refractivity contribution in [2.45, 2.75) is 6.36 Å². The lowest BCUT2D eigenvalue weighted by Crippen LogP contribution is -2.05. The Morgan fingerprint density at radius 2 is 1.30 bits per heavy atom. The molecule has 0 saturated heterocycles. The van der Waals surface area contributed by atoms with Crippen molar-refractivity contribution in [2.24, 2.45) is 0 Å². The van der Waals surface area contributed by atoms with Gasteiger partial charge in [0.2, 0.25) is 5.88 Å². The van der Waals surface area contributed by atoms with Crippen LogP contribution in [0.15, 0.2) is 72.8 Å². The molecular weight excluding hydrogens is 291 g/mol. The van der Waals surface area contributed by atoms with E-state index in [1.807, 2.05) is 60.7 Å². The van der Waals surface area contributed by atoms with Crippen LogP contribution in [0.3, 0.4) is 0 Å². The lowest BCUT2D eigenvalue weighted by molar-refractivity contribution is 0.0589. The van der Waals surface area contributed by atoms with E-state index in [0.717, 1.165) is 21.8 Å². The highest BCUT2D eigenvalue weighted by atomic mass is 19.1.